The Kier molecular flexibility index (Phi) is 8.07. The van der Waals surface area contributed by atoms with Crippen LogP contribution in [0.4, 0.5) is 19.0 Å². The first-order valence-electron chi connectivity index (χ1n) is 15.0. The van der Waals surface area contributed by atoms with E-state index in [1.807, 2.05) is 39.5 Å². The normalized spacial score (nSPS) is 17.9. The predicted octanol–water partition coefficient (Wildman–Crippen LogP) is 5.91. The summed E-state index contributed by atoms with van der Waals surface area (Å²) in [7, 11) is 0. The molecule has 4 aromatic rings. The van der Waals surface area contributed by atoms with Gasteiger partial charge in [0.1, 0.15) is 29.5 Å². The van der Waals surface area contributed by atoms with Crippen LogP contribution in [0.15, 0.2) is 46.9 Å². The number of aromatic hydroxyl groups is 1. The number of hydrogen-bond acceptors (Lipinski definition) is 8. The van der Waals surface area contributed by atoms with Gasteiger partial charge in [-0.05, 0) is 37.0 Å². The van der Waals surface area contributed by atoms with Gasteiger partial charge >= 0.3 is 5.69 Å². The summed E-state index contributed by atoms with van der Waals surface area (Å²) in [5.74, 6) is -4.47. The van der Waals surface area contributed by atoms with Crippen molar-refractivity contribution in [1.29, 1.82) is 0 Å². The van der Waals surface area contributed by atoms with Gasteiger partial charge < -0.3 is 14.9 Å². The molecule has 0 saturated carbocycles. The number of benzene rings is 2. The van der Waals surface area contributed by atoms with Crippen molar-refractivity contribution in [2.24, 2.45) is 0 Å². The minimum absolute atomic E-state index is 0.0327. The molecule has 2 aliphatic heterocycles. The summed E-state index contributed by atoms with van der Waals surface area (Å²) in [6.45, 7) is 13.4. The highest BCUT2D eigenvalue weighted by molar-refractivity contribution is 7.99. The molecule has 1 saturated heterocycles. The minimum atomic E-state index is -1.24. The standard InChI is InChI=1S/C33H33F3N6O3S/c1-7-21(44)40-11-17(6)41-18(12-40)13-46-31-24-29(25(35)23(26(31)36)22-19(34)9-8-10-20(22)43)42(33(45)39-32(24)41)30-27(15(2)3)37-14-38-28(30)16(4)5/h7-10,14-18,43H,1,11-13H2,2-6H3. The number of fused-ring (bicyclic) bond motifs is 2. The number of halogens is 3. The van der Waals surface area contributed by atoms with Crippen LogP contribution in [0, 0.1) is 17.5 Å². The number of rotatable bonds is 5. The molecular weight excluding hydrogens is 617 g/mol. The summed E-state index contributed by atoms with van der Waals surface area (Å²) >= 11 is 1.06. The topological polar surface area (TPSA) is 104 Å². The SMILES string of the molecule is C=CC(=O)N1CC(C)N2c3nc(=O)n(-c4c(C(C)C)ncnc4C(C)C)c4c(F)c(-c5c(O)cccc5F)c(F)c(c34)SCC2C1. The Morgan fingerprint density at radius 2 is 1.74 bits per heavy atom. The minimum Gasteiger partial charge on any atom is -0.507 e. The lowest BCUT2D eigenvalue weighted by atomic mass is 9.98. The van der Waals surface area contributed by atoms with Crippen LogP contribution in [-0.4, -0.2) is 66.4 Å². The Morgan fingerprint density at radius 3 is 2.35 bits per heavy atom. The van der Waals surface area contributed by atoms with Crippen molar-refractivity contribution in [1.82, 2.24) is 24.4 Å². The van der Waals surface area contributed by atoms with Gasteiger partial charge in [-0.1, -0.05) is 40.3 Å². The Balaban J connectivity index is 1.80. The summed E-state index contributed by atoms with van der Waals surface area (Å²) in [5, 5.41) is 10.7. The average molecular weight is 651 g/mol. The number of carbonyl (C=O) groups excluding carboxylic acids is 1. The molecule has 240 valence electrons. The summed E-state index contributed by atoms with van der Waals surface area (Å²) in [6.07, 6.45) is 2.61. The largest absolute Gasteiger partial charge is 0.507 e. The van der Waals surface area contributed by atoms with E-state index in [1.54, 1.807) is 4.90 Å². The summed E-state index contributed by atoms with van der Waals surface area (Å²) in [5.41, 5.74) is -1.54. The van der Waals surface area contributed by atoms with E-state index in [0.717, 1.165) is 28.5 Å². The quantitative estimate of drug-likeness (QED) is 0.266. The number of anilines is 1. The molecule has 0 spiro atoms. The molecular formula is C33H33F3N6O3S. The molecule has 2 aromatic heterocycles. The van der Waals surface area contributed by atoms with Crippen LogP contribution in [-0.2, 0) is 4.79 Å². The lowest BCUT2D eigenvalue weighted by molar-refractivity contribution is -0.127. The van der Waals surface area contributed by atoms with Crippen molar-refractivity contribution >= 4 is 34.4 Å². The van der Waals surface area contributed by atoms with Gasteiger partial charge in [0.2, 0.25) is 5.91 Å². The molecule has 0 bridgehead atoms. The Labute approximate surface area is 267 Å². The molecule has 2 aliphatic rings. The molecule has 0 aliphatic carbocycles. The summed E-state index contributed by atoms with van der Waals surface area (Å²) in [4.78, 5) is 43.8. The molecule has 9 nitrogen and oxygen atoms in total. The first-order valence-corrected chi connectivity index (χ1v) is 16.0. The number of thioether (sulfide) groups is 1. The van der Waals surface area contributed by atoms with E-state index in [9.17, 15) is 14.7 Å². The molecule has 0 radical (unpaired) electrons. The van der Waals surface area contributed by atoms with Crippen LogP contribution in [0.5, 0.6) is 5.75 Å². The third-order valence-corrected chi connectivity index (χ3v) is 9.75. The molecule has 2 unspecified atom stereocenters. The fourth-order valence-electron chi connectivity index (χ4n) is 6.54. The van der Waals surface area contributed by atoms with Gasteiger partial charge in [0.05, 0.1) is 50.0 Å². The number of hydrogen-bond donors (Lipinski definition) is 1. The number of aromatic nitrogens is 4. The average Bonchev–Trinajstić information content (AvgIpc) is 3.17. The van der Waals surface area contributed by atoms with Gasteiger partial charge in [-0.25, -0.2) is 27.9 Å². The zero-order valence-electron chi connectivity index (χ0n) is 26.0. The predicted molar refractivity (Wildman–Crippen MR) is 171 cm³/mol. The van der Waals surface area contributed by atoms with Gasteiger partial charge in [-0.15, -0.1) is 11.8 Å². The summed E-state index contributed by atoms with van der Waals surface area (Å²) < 4.78 is 50.5. The molecule has 13 heteroatoms. The fourth-order valence-corrected chi connectivity index (χ4v) is 7.73. The van der Waals surface area contributed by atoms with Crippen LogP contribution < -0.4 is 10.6 Å². The number of phenolic OH excluding ortho intramolecular Hbond substituents is 1. The monoisotopic (exact) mass is 650 g/mol. The third-order valence-electron chi connectivity index (χ3n) is 8.52. The number of amides is 1. The lowest BCUT2D eigenvalue weighted by Crippen LogP contribution is -2.60. The first-order chi connectivity index (χ1) is 21.9. The molecule has 1 fully saturated rings. The first kappa shape index (κ1) is 31.6. The third kappa shape index (κ3) is 4.83. The maximum Gasteiger partial charge on any atom is 0.354 e. The van der Waals surface area contributed by atoms with E-state index in [1.165, 1.54) is 18.5 Å². The second kappa shape index (κ2) is 11.8. The molecule has 6 rings (SSSR count). The fraction of sp³-hybridized carbons (Fsp3) is 0.364. The second-order valence-electron chi connectivity index (χ2n) is 12.2. The number of piperazine rings is 1. The second-order valence-corrected chi connectivity index (χ2v) is 13.2. The van der Waals surface area contributed by atoms with E-state index in [0.29, 0.717) is 11.4 Å². The van der Waals surface area contributed by atoms with E-state index in [-0.39, 0.29) is 69.9 Å². The molecule has 1 amide bonds. The Morgan fingerprint density at radius 1 is 1.07 bits per heavy atom. The Bertz CT molecular complexity index is 1930. The van der Waals surface area contributed by atoms with E-state index in [4.69, 9.17) is 0 Å². The molecule has 46 heavy (non-hydrogen) atoms. The molecule has 2 atom stereocenters. The van der Waals surface area contributed by atoms with Crippen LogP contribution in [0.2, 0.25) is 0 Å². The van der Waals surface area contributed by atoms with Crippen molar-refractivity contribution < 1.29 is 23.1 Å². The highest BCUT2D eigenvalue weighted by Gasteiger charge is 2.41. The van der Waals surface area contributed by atoms with Gasteiger partial charge in [-0.2, -0.15) is 4.98 Å². The van der Waals surface area contributed by atoms with Crippen molar-refractivity contribution in [2.75, 3.05) is 23.7 Å². The van der Waals surface area contributed by atoms with Gasteiger partial charge in [0, 0.05) is 24.9 Å². The van der Waals surface area contributed by atoms with Crippen LogP contribution in [0.25, 0.3) is 27.7 Å². The zero-order valence-corrected chi connectivity index (χ0v) is 26.8. The van der Waals surface area contributed by atoms with Gasteiger partial charge in [-0.3, -0.25) is 9.36 Å². The van der Waals surface area contributed by atoms with Gasteiger partial charge in [0.25, 0.3) is 0 Å². The van der Waals surface area contributed by atoms with Crippen LogP contribution in [0.1, 0.15) is 57.8 Å². The Hall–Kier alpha value is -4.39. The number of phenols is 1. The maximum absolute atomic E-state index is 17.3. The lowest BCUT2D eigenvalue weighted by Gasteiger charge is -2.45. The van der Waals surface area contributed by atoms with E-state index >= 15 is 13.2 Å². The van der Waals surface area contributed by atoms with Crippen LogP contribution in [0.3, 0.4) is 0 Å². The van der Waals surface area contributed by atoms with Crippen LogP contribution >= 0.6 is 11.8 Å². The molecule has 1 N–H and O–H groups in total. The molecule has 2 aromatic carbocycles. The number of nitrogens with zero attached hydrogens (tertiary/aromatic N) is 6. The maximum atomic E-state index is 17.3. The molecule has 4 heterocycles. The van der Waals surface area contributed by atoms with Gasteiger partial charge in [0.15, 0.2) is 5.82 Å². The van der Waals surface area contributed by atoms with E-state index in [2.05, 4.69) is 21.5 Å². The zero-order chi connectivity index (χ0) is 33.2. The van der Waals surface area contributed by atoms with E-state index < -0.39 is 46.1 Å². The van der Waals surface area contributed by atoms with Crippen molar-refractivity contribution in [3.05, 3.63) is 76.5 Å². The summed E-state index contributed by atoms with van der Waals surface area (Å²) in [6, 6.07) is 2.55. The van der Waals surface area contributed by atoms with Crippen molar-refractivity contribution in [2.45, 2.75) is 63.4 Å². The van der Waals surface area contributed by atoms with Crippen molar-refractivity contribution in [3.8, 4) is 22.6 Å². The highest BCUT2D eigenvalue weighted by Crippen LogP contribution is 2.48. The number of carbonyl (C=O) groups is 1. The smallest absolute Gasteiger partial charge is 0.354 e. The van der Waals surface area contributed by atoms with Crippen molar-refractivity contribution in [3.63, 3.8) is 0 Å². The highest BCUT2D eigenvalue weighted by atomic mass is 32.2.